The molecule has 0 saturated heterocycles. The van der Waals surface area contributed by atoms with Gasteiger partial charge >= 0.3 is 6.03 Å². The van der Waals surface area contributed by atoms with Gasteiger partial charge in [-0.2, -0.15) is 4.31 Å². The van der Waals surface area contributed by atoms with Gasteiger partial charge in [0, 0.05) is 23.9 Å². The van der Waals surface area contributed by atoms with E-state index in [1.807, 2.05) is 0 Å². The van der Waals surface area contributed by atoms with Crippen LogP contribution in [0.1, 0.15) is 36.3 Å². The molecule has 0 bridgehead atoms. The first kappa shape index (κ1) is 20.1. The summed E-state index contributed by atoms with van der Waals surface area (Å²) in [5.74, 6) is 0.327. The molecule has 10 heteroatoms. The van der Waals surface area contributed by atoms with E-state index < -0.39 is 10.0 Å². The van der Waals surface area contributed by atoms with Crippen molar-refractivity contribution in [3.05, 3.63) is 34.8 Å². The van der Waals surface area contributed by atoms with Crippen molar-refractivity contribution in [3.63, 3.8) is 0 Å². The molecule has 0 atom stereocenters. The number of aromatic nitrogens is 1. The van der Waals surface area contributed by atoms with Crippen LogP contribution >= 0.6 is 11.3 Å². The van der Waals surface area contributed by atoms with E-state index in [9.17, 15) is 13.2 Å². The molecule has 2 aliphatic rings. The predicted octanol–water partition coefficient (Wildman–Crippen LogP) is 2.96. The molecule has 1 saturated carbocycles. The summed E-state index contributed by atoms with van der Waals surface area (Å²) < 4.78 is 32.9. The SMILES string of the molecule is COc1ccccc1S(=O)(=O)N1CCc2nc(NC(=O)NC3CCCC3)sc2C1. The van der Waals surface area contributed by atoms with Crippen LogP contribution < -0.4 is 15.4 Å². The Labute approximate surface area is 174 Å². The molecular weight excluding hydrogens is 412 g/mol. The molecule has 156 valence electrons. The number of fused-ring (bicyclic) bond motifs is 1. The van der Waals surface area contributed by atoms with Crippen molar-refractivity contribution < 1.29 is 17.9 Å². The summed E-state index contributed by atoms with van der Waals surface area (Å²) in [4.78, 5) is 17.7. The third-order valence-electron chi connectivity index (χ3n) is 5.29. The van der Waals surface area contributed by atoms with Crippen molar-refractivity contribution in [1.29, 1.82) is 0 Å². The number of benzene rings is 1. The first-order valence-electron chi connectivity index (χ1n) is 9.66. The number of anilines is 1. The van der Waals surface area contributed by atoms with E-state index in [1.54, 1.807) is 24.3 Å². The van der Waals surface area contributed by atoms with E-state index >= 15 is 0 Å². The molecule has 1 fully saturated rings. The predicted molar refractivity (Wildman–Crippen MR) is 111 cm³/mol. The summed E-state index contributed by atoms with van der Waals surface area (Å²) in [6.07, 6.45) is 4.82. The summed E-state index contributed by atoms with van der Waals surface area (Å²) >= 11 is 1.33. The molecule has 1 aromatic heterocycles. The fraction of sp³-hybridized carbons (Fsp3) is 0.474. The van der Waals surface area contributed by atoms with Gasteiger partial charge in [-0.05, 0) is 25.0 Å². The lowest BCUT2D eigenvalue weighted by molar-refractivity contribution is 0.248. The van der Waals surface area contributed by atoms with E-state index in [2.05, 4.69) is 15.6 Å². The molecule has 2 N–H and O–H groups in total. The first-order chi connectivity index (χ1) is 14.0. The van der Waals surface area contributed by atoms with Gasteiger partial charge in [-0.25, -0.2) is 18.2 Å². The molecule has 0 radical (unpaired) electrons. The minimum absolute atomic E-state index is 0.157. The Bertz CT molecular complexity index is 999. The van der Waals surface area contributed by atoms with E-state index in [-0.39, 0.29) is 23.5 Å². The largest absolute Gasteiger partial charge is 0.495 e. The van der Waals surface area contributed by atoms with Gasteiger partial charge in [0.15, 0.2) is 5.13 Å². The summed E-state index contributed by atoms with van der Waals surface area (Å²) in [6, 6.07) is 6.59. The fourth-order valence-corrected chi connectivity index (χ4v) is 6.46. The number of rotatable bonds is 5. The van der Waals surface area contributed by atoms with Crippen LogP contribution in [0.3, 0.4) is 0 Å². The maximum Gasteiger partial charge on any atom is 0.321 e. The Balaban J connectivity index is 1.46. The number of methoxy groups -OCH3 is 1. The quantitative estimate of drug-likeness (QED) is 0.751. The minimum Gasteiger partial charge on any atom is -0.495 e. The zero-order chi connectivity index (χ0) is 20.4. The molecule has 2 heterocycles. The number of para-hydroxylation sites is 1. The number of hydrogen-bond donors (Lipinski definition) is 2. The Morgan fingerprint density at radius 1 is 1.28 bits per heavy atom. The second-order valence-electron chi connectivity index (χ2n) is 7.21. The fourth-order valence-electron chi connectivity index (χ4n) is 3.79. The number of nitrogens with one attached hydrogen (secondary N) is 2. The highest BCUT2D eigenvalue weighted by Gasteiger charge is 2.32. The monoisotopic (exact) mass is 436 g/mol. The normalized spacial score (nSPS) is 17.7. The summed E-state index contributed by atoms with van der Waals surface area (Å²) in [7, 11) is -2.23. The van der Waals surface area contributed by atoms with Crippen LogP contribution in [0.2, 0.25) is 0 Å². The number of thiazole rings is 1. The Hall–Kier alpha value is -2.17. The molecule has 29 heavy (non-hydrogen) atoms. The van der Waals surface area contributed by atoms with Crippen LogP contribution in [0.5, 0.6) is 5.75 Å². The van der Waals surface area contributed by atoms with Crippen LogP contribution in [0.4, 0.5) is 9.93 Å². The van der Waals surface area contributed by atoms with E-state index in [1.165, 1.54) is 22.8 Å². The average molecular weight is 437 g/mol. The lowest BCUT2D eigenvalue weighted by Crippen LogP contribution is -2.36. The number of carbonyl (C=O) groups excluding carboxylic acids is 1. The van der Waals surface area contributed by atoms with Gasteiger partial charge in [-0.1, -0.05) is 36.3 Å². The molecule has 2 aromatic rings. The smallest absolute Gasteiger partial charge is 0.321 e. The molecule has 1 aliphatic carbocycles. The van der Waals surface area contributed by atoms with E-state index in [0.717, 1.165) is 36.3 Å². The zero-order valence-corrected chi connectivity index (χ0v) is 17.8. The van der Waals surface area contributed by atoms with Crippen LogP contribution in [0.25, 0.3) is 0 Å². The highest BCUT2D eigenvalue weighted by molar-refractivity contribution is 7.89. The highest BCUT2D eigenvalue weighted by atomic mass is 32.2. The summed E-state index contributed by atoms with van der Waals surface area (Å²) in [5, 5.41) is 6.27. The second-order valence-corrected chi connectivity index (χ2v) is 10.2. The Kier molecular flexibility index (Phi) is 5.75. The zero-order valence-electron chi connectivity index (χ0n) is 16.2. The summed E-state index contributed by atoms with van der Waals surface area (Å²) in [5.41, 5.74) is 0.845. The van der Waals surface area contributed by atoms with Crippen LogP contribution in [-0.4, -0.2) is 43.4 Å². The van der Waals surface area contributed by atoms with Gasteiger partial charge in [-0.3, -0.25) is 5.32 Å². The second kappa shape index (κ2) is 8.29. The van der Waals surface area contributed by atoms with Gasteiger partial charge in [-0.15, -0.1) is 0 Å². The number of sulfonamides is 1. The number of amides is 2. The molecule has 4 rings (SSSR count). The van der Waals surface area contributed by atoms with Gasteiger partial charge in [0.2, 0.25) is 10.0 Å². The third-order valence-corrected chi connectivity index (χ3v) is 8.18. The molecular formula is C19H24N4O4S2. The van der Waals surface area contributed by atoms with E-state index in [4.69, 9.17) is 4.74 Å². The van der Waals surface area contributed by atoms with Crippen molar-refractivity contribution in [3.8, 4) is 5.75 Å². The number of carbonyl (C=O) groups is 1. The number of urea groups is 1. The molecule has 0 spiro atoms. The van der Waals surface area contributed by atoms with Crippen LogP contribution in [-0.2, 0) is 23.0 Å². The number of ether oxygens (including phenoxy) is 1. The van der Waals surface area contributed by atoms with Crippen molar-refractivity contribution in [2.24, 2.45) is 0 Å². The van der Waals surface area contributed by atoms with Gasteiger partial charge in [0.25, 0.3) is 0 Å². The highest BCUT2D eigenvalue weighted by Crippen LogP contribution is 2.33. The molecule has 8 nitrogen and oxygen atoms in total. The third kappa shape index (κ3) is 4.24. The van der Waals surface area contributed by atoms with Gasteiger partial charge < -0.3 is 10.1 Å². The number of nitrogens with zero attached hydrogens (tertiary/aromatic N) is 2. The maximum atomic E-state index is 13.1. The van der Waals surface area contributed by atoms with Crippen molar-refractivity contribution in [2.45, 2.75) is 49.6 Å². The van der Waals surface area contributed by atoms with Gasteiger partial charge in [0.1, 0.15) is 10.6 Å². The average Bonchev–Trinajstić information content (AvgIpc) is 3.36. The summed E-state index contributed by atoms with van der Waals surface area (Å²) in [6.45, 7) is 0.574. The molecule has 1 aromatic carbocycles. The minimum atomic E-state index is -3.69. The lowest BCUT2D eigenvalue weighted by Gasteiger charge is -2.26. The van der Waals surface area contributed by atoms with Crippen LogP contribution in [0, 0.1) is 0 Å². The molecule has 0 unspecified atom stereocenters. The Morgan fingerprint density at radius 3 is 2.79 bits per heavy atom. The maximum absolute atomic E-state index is 13.1. The standard InChI is InChI=1S/C19H24N4O4S2/c1-27-15-8-4-5-9-17(15)29(25,26)23-11-10-14-16(12-23)28-19(21-14)22-18(24)20-13-6-2-3-7-13/h4-5,8-9,13H,2-3,6-7,10-12H2,1H3,(H2,20,21,22,24). The van der Waals surface area contributed by atoms with Crippen LogP contribution in [0.15, 0.2) is 29.2 Å². The number of hydrogen-bond acceptors (Lipinski definition) is 6. The van der Waals surface area contributed by atoms with Crippen molar-refractivity contribution >= 4 is 32.5 Å². The van der Waals surface area contributed by atoms with Gasteiger partial charge in [0.05, 0.1) is 19.3 Å². The van der Waals surface area contributed by atoms with Crippen molar-refractivity contribution in [2.75, 3.05) is 19.0 Å². The lowest BCUT2D eigenvalue weighted by atomic mass is 10.2. The molecule has 2 amide bonds. The van der Waals surface area contributed by atoms with Crippen molar-refractivity contribution in [1.82, 2.24) is 14.6 Å². The first-order valence-corrected chi connectivity index (χ1v) is 11.9. The molecule has 1 aliphatic heterocycles. The topological polar surface area (TPSA) is 101 Å². The van der Waals surface area contributed by atoms with E-state index in [0.29, 0.717) is 23.8 Å². The Morgan fingerprint density at radius 2 is 2.03 bits per heavy atom.